The molecule has 1 aromatic rings. The summed E-state index contributed by atoms with van der Waals surface area (Å²) in [6, 6.07) is 4.89. The lowest BCUT2D eigenvalue weighted by atomic mass is 10.1. The number of amides is 1. The summed E-state index contributed by atoms with van der Waals surface area (Å²) in [5, 5.41) is 0. The topological polar surface area (TPSA) is 81.9 Å². The Labute approximate surface area is 118 Å². The highest BCUT2D eigenvalue weighted by molar-refractivity contribution is 5.95. The molecule has 6 heteroatoms. The highest BCUT2D eigenvalue weighted by Crippen LogP contribution is 2.23. The molecule has 0 heterocycles. The molecule has 0 aliphatic heterocycles. The largest absolute Gasteiger partial charge is 0.492 e. The Bertz CT molecular complexity index is 488. The number of hydrogen-bond donors (Lipinski definition) is 1. The first-order valence-electron chi connectivity index (χ1n) is 6.34. The van der Waals surface area contributed by atoms with E-state index in [0.29, 0.717) is 30.2 Å². The summed E-state index contributed by atoms with van der Waals surface area (Å²) < 4.78 is 9.85. The first-order valence-corrected chi connectivity index (χ1v) is 6.34. The molecule has 0 radical (unpaired) electrons. The predicted octanol–water partition coefficient (Wildman–Crippen LogP) is 1.30. The van der Waals surface area contributed by atoms with Crippen LogP contribution in [0, 0.1) is 0 Å². The molecule has 1 aromatic carbocycles. The van der Waals surface area contributed by atoms with Crippen LogP contribution in [-0.4, -0.2) is 44.1 Å². The summed E-state index contributed by atoms with van der Waals surface area (Å²) >= 11 is 0. The van der Waals surface area contributed by atoms with Crippen LogP contribution in [0.15, 0.2) is 18.2 Å². The van der Waals surface area contributed by atoms with Crippen molar-refractivity contribution in [1.29, 1.82) is 0 Å². The summed E-state index contributed by atoms with van der Waals surface area (Å²) in [5.41, 5.74) is 6.69. The normalized spacial score (nSPS) is 9.95. The van der Waals surface area contributed by atoms with Crippen molar-refractivity contribution in [3.05, 3.63) is 23.8 Å². The van der Waals surface area contributed by atoms with Crippen LogP contribution < -0.4 is 10.5 Å². The second-order valence-corrected chi connectivity index (χ2v) is 4.24. The van der Waals surface area contributed by atoms with Crippen LogP contribution in [0.2, 0.25) is 0 Å². The van der Waals surface area contributed by atoms with Gasteiger partial charge in [0.05, 0.1) is 25.8 Å². The van der Waals surface area contributed by atoms with Crippen molar-refractivity contribution in [1.82, 2.24) is 4.90 Å². The van der Waals surface area contributed by atoms with Crippen LogP contribution >= 0.6 is 0 Å². The van der Waals surface area contributed by atoms with Crippen molar-refractivity contribution in [2.45, 2.75) is 13.3 Å². The van der Waals surface area contributed by atoms with E-state index in [1.165, 1.54) is 12.0 Å². The summed E-state index contributed by atoms with van der Waals surface area (Å²) in [7, 11) is 2.94. The molecule has 0 atom stereocenters. The highest BCUT2D eigenvalue weighted by Gasteiger charge is 2.14. The maximum atomic E-state index is 12.1. The zero-order chi connectivity index (χ0) is 15.1. The molecule has 1 amide bonds. The molecule has 0 aliphatic carbocycles. The quantitative estimate of drug-likeness (QED) is 0.627. The number of esters is 1. The standard InChI is InChI=1S/C14H20N2O4/c1-4-20-12-6-5-10(9-11(12)15)14(18)16(2)8-7-13(17)19-3/h5-6,9H,4,7-8,15H2,1-3H3. The number of methoxy groups -OCH3 is 1. The minimum atomic E-state index is -0.351. The van der Waals surface area contributed by atoms with Crippen molar-refractivity contribution in [3.8, 4) is 5.75 Å². The van der Waals surface area contributed by atoms with Gasteiger partial charge in [-0.05, 0) is 25.1 Å². The van der Waals surface area contributed by atoms with Crippen molar-refractivity contribution in [2.75, 3.05) is 33.0 Å². The molecule has 0 fully saturated rings. The van der Waals surface area contributed by atoms with Crippen LogP contribution in [0.1, 0.15) is 23.7 Å². The molecule has 0 aromatic heterocycles. The van der Waals surface area contributed by atoms with E-state index >= 15 is 0 Å². The number of carbonyl (C=O) groups excluding carboxylic acids is 2. The third-order valence-electron chi connectivity index (χ3n) is 2.78. The zero-order valence-corrected chi connectivity index (χ0v) is 12.0. The van der Waals surface area contributed by atoms with Crippen LogP contribution in [-0.2, 0) is 9.53 Å². The Morgan fingerprint density at radius 3 is 2.60 bits per heavy atom. The minimum absolute atomic E-state index is 0.158. The van der Waals surface area contributed by atoms with E-state index in [-0.39, 0.29) is 18.3 Å². The molecule has 1 rings (SSSR count). The molecular formula is C14H20N2O4. The monoisotopic (exact) mass is 280 g/mol. The molecule has 0 unspecified atom stereocenters. The van der Waals surface area contributed by atoms with Gasteiger partial charge in [-0.3, -0.25) is 9.59 Å². The third kappa shape index (κ3) is 4.15. The Morgan fingerprint density at radius 1 is 1.35 bits per heavy atom. The molecule has 0 bridgehead atoms. The Hall–Kier alpha value is -2.24. The number of carbonyl (C=O) groups is 2. The summed E-state index contributed by atoms with van der Waals surface area (Å²) in [6.07, 6.45) is 0.158. The molecule has 0 spiro atoms. The van der Waals surface area contributed by atoms with Crippen LogP contribution in [0.3, 0.4) is 0 Å². The molecule has 6 nitrogen and oxygen atoms in total. The smallest absolute Gasteiger partial charge is 0.307 e. The summed E-state index contributed by atoms with van der Waals surface area (Å²) in [6.45, 7) is 2.66. The first kappa shape index (κ1) is 15.8. The van der Waals surface area contributed by atoms with E-state index < -0.39 is 0 Å². The fourth-order valence-corrected chi connectivity index (χ4v) is 1.65. The first-order chi connectivity index (χ1) is 9.49. The van der Waals surface area contributed by atoms with Crippen molar-refractivity contribution >= 4 is 17.6 Å². The number of benzene rings is 1. The van der Waals surface area contributed by atoms with Crippen LogP contribution in [0.4, 0.5) is 5.69 Å². The van der Waals surface area contributed by atoms with Gasteiger partial charge in [0.15, 0.2) is 0 Å². The average molecular weight is 280 g/mol. The van der Waals surface area contributed by atoms with Crippen molar-refractivity contribution in [3.63, 3.8) is 0 Å². The Kier molecular flexibility index (Phi) is 5.83. The van der Waals surface area contributed by atoms with Gasteiger partial charge in [0.2, 0.25) is 0 Å². The van der Waals surface area contributed by atoms with E-state index in [1.54, 1.807) is 25.2 Å². The number of ether oxygens (including phenoxy) is 2. The van der Waals surface area contributed by atoms with Crippen molar-refractivity contribution < 1.29 is 19.1 Å². The lowest BCUT2D eigenvalue weighted by Crippen LogP contribution is -2.29. The van der Waals surface area contributed by atoms with E-state index in [2.05, 4.69) is 4.74 Å². The Morgan fingerprint density at radius 2 is 2.05 bits per heavy atom. The fraction of sp³-hybridized carbons (Fsp3) is 0.429. The molecular weight excluding hydrogens is 260 g/mol. The Balaban J connectivity index is 2.71. The van der Waals surface area contributed by atoms with Gasteiger partial charge in [-0.15, -0.1) is 0 Å². The number of hydrogen-bond acceptors (Lipinski definition) is 5. The molecule has 20 heavy (non-hydrogen) atoms. The van der Waals surface area contributed by atoms with E-state index in [9.17, 15) is 9.59 Å². The van der Waals surface area contributed by atoms with Crippen LogP contribution in [0.25, 0.3) is 0 Å². The lowest BCUT2D eigenvalue weighted by Gasteiger charge is -2.17. The van der Waals surface area contributed by atoms with Gasteiger partial charge in [-0.25, -0.2) is 0 Å². The third-order valence-corrected chi connectivity index (χ3v) is 2.78. The van der Waals surface area contributed by atoms with Crippen molar-refractivity contribution in [2.24, 2.45) is 0 Å². The second-order valence-electron chi connectivity index (χ2n) is 4.24. The van der Waals surface area contributed by atoms with Gasteiger partial charge >= 0.3 is 5.97 Å². The van der Waals surface area contributed by atoms with E-state index in [0.717, 1.165) is 0 Å². The molecule has 110 valence electrons. The van der Waals surface area contributed by atoms with E-state index in [4.69, 9.17) is 10.5 Å². The number of nitrogens with two attached hydrogens (primary N) is 1. The van der Waals surface area contributed by atoms with Gasteiger partial charge in [-0.1, -0.05) is 0 Å². The van der Waals surface area contributed by atoms with Crippen LogP contribution in [0.5, 0.6) is 5.75 Å². The maximum Gasteiger partial charge on any atom is 0.307 e. The zero-order valence-electron chi connectivity index (χ0n) is 12.0. The van der Waals surface area contributed by atoms with Gasteiger partial charge < -0.3 is 20.1 Å². The average Bonchev–Trinajstić information content (AvgIpc) is 2.45. The van der Waals surface area contributed by atoms with E-state index in [1.807, 2.05) is 6.92 Å². The molecule has 2 N–H and O–H groups in total. The number of rotatable bonds is 6. The van der Waals surface area contributed by atoms with Gasteiger partial charge in [-0.2, -0.15) is 0 Å². The number of nitrogen functional groups attached to an aromatic ring is 1. The maximum absolute atomic E-state index is 12.1. The fourth-order valence-electron chi connectivity index (χ4n) is 1.65. The molecule has 0 aliphatic rings. The van der Waals surface area contributed by atoms with Gasteiger partial charge in [0.1, 0.15) is 5.75 Å². The molecule has 0 saturated carbocycles. The van der Waals surface area contributed by atoms with Gasteiger partial charge in [0.25, 0.3) is 5.91 Å². The summed E-state index contributed by atoms with van der Waals surface area (Å²) in [4.78, 5) is 24.6. The van der Waals surface area contributed by atoms with Gasteiger partial charge in [0, 0.05) is 19.2 Å². The summed E-state index contributed by atoms with van der Waals surface area (Å²) in [5.74, 6) is 0.000716. The second kappa shape index (κ2) is 7.37. The predicted molar refractivity (Wildman–Crippen MR) is 75.6 cm³/mol. The highest BCUT2D eigenvalue weighted by atomic mass is 16.5. The number of nitrogens with zero attached hydrogens (tertiary/aromatic N) is 1. The minimum Gasteiger partial charge on any atom is -0.492 e. The number of anilines is 1. The lowest BCUT2D eigenvalue weighted by molar-refractivity contribution is -0.140. The molecule has 0 saturated heterocycles. The SMILES string of the molecule is CCOc1ccc(C(=O)N(C)CCC(=O)OC)cc1N.